The fraction of sp³-hybridized carbons (Fsp3) is 0.167. The minimum Gasteiger partial charge on any atom is -0.472 e. The van der Waals surface area contributed by atoms with E-state index in [0.717, 1.165) is 5.56 Å². The van der Waals surface area contributed by atoms with E-state index in [1.54, 1.807) is 6.07 Å². The van der Waals surface area contributed by atoms with Gasteiger partial charge >= 0.3 is 6.09 Å². The van der Waals surface area contributed by atoms with Crippen molar-refractivity contribution in [3.8, 4) is 0 Å². The molecule has 0 atom stereocenters. The normalized spacial score (nSPS) is 9.20. The van der Waals surface area contributed by atoms with Crippen molar-refractivity contribution in [1.82, 2.24) is 0 Å². The molecular weight excluding hydrogens is 134 g/mol. The standard InChI is InChI=1S/C6H7NO3/c7-6(8)10-4-5-1-2-9-3-5/h1-3H,4H2,(H2,7,8). The van der Waals surface area contributed by atoms with Crippen LogP contribution in [0.2, 0.25) is 0 Å². The van der Waals surface area contributed by atoms with Gasteiger partial charge in [0.2, 0.25) is 0 Å². The topological polar surface area (TPSA) is 65.5 Å². The summed E-state index contributed by atoms with van der Waals surface area (Å²) in [7, 11) is 0. The molecule has 1 amide bonds. The van der Waals surface area contributed by atoms with Crippen molar-refractivity contribution in [3.63, 3.8) is 0 Å². The molecule has 0 fully saturated rings. The highest BCUT2D eigenvalue weighted by Crippen LogP contribution is 2.00. The third-order valence-electron chi connectivity index (χ3n) is 0.961. The average molecular weight is 141 g/mol. The van der Waals surface area contributed by atoms with Crippen LogP contribution in [0.15, 0.2) is 23.0 Å². The van der Waals surface area contributed by atoms with Gasteiger partial charge in [0.05, 0.1) is 12.5 Å². The lowest BCUT2D eigenvalue weighted by atomic mass is 10.4. The zero-order valence-electron chi connectivity index (χ0n) is 5.24. The van der Waals surface area contributed by atoms with E-state index < -0.39 is 6.09 Å². The maximum Gasteiger partial charge on any atom is 0.404 e. The lowest BCUT2D eigenvalue weighted by Crippen LogP contribution is -2.12. The highest BCUT2D eigenvalue weighted by atomic mass is 16.5. The summed E-state index contributed by atoms with van der Waals surface area (Å²) >= 11 is 0. The molecule has 0 unspecified atom stereocenters. The number of hydrogen-bond donors (Lipinski definition) is 1. The van der Waals surface area contributed by atoms with Crippen LogP contribution in [0, 0.1) is 0 Å². The molecule has 0 saturated carbocycles. The molecule has 10 heavy (non-hydrogen) atoms. The Morgan fingerprint density at radius 1 is 1.80 bits per heavy atom. The number of nitrogens with two attached hydrogens (primary N) is 1. The second-order valence-electron chi connectivity index (χ2n) is 1.74. The highest BCUT2D eigenvalue weighted by molar-refractivity contribution is 5.64. The molecular formula is C6H7NO3. The molecule has 2 N–H and O–H groups in total. The highest BCUT2D eigenvalue weighted by Gasteiger charge is 1.96. The second kappa shape index (κ2) is 2.91. The molecule has 0 aromatic carbocycles. The molecule has 0 aliphatic carbocycles. The SMILES string of the molecule is NC(=O)OCc1ccoc1. The van der Waals surface area contributed by atoms with Gasteiger partial charge < -0.3 is 14.9 Å². The minimum absolute atomic E-state index is 0.172. The second-order valence-corrected chi connectivity index (χ2v) is 1.74. The van der Waals surface area contributed by atoms with E-state index in [1.807, 2.05) is 0 Å². The Bertz CT molecular complexity index is 205. The molecule has 0 aliphatic heterocycles. The summed E-state index contributed by atoms with van der Waals surface area (Å²) < 4.78 is 9.18. The Morgan fingerprint density at radius 2 is 2.60 bits per heavy atom. The number of furan rings is 1. The molecule has 1 rings (SSSR count). The van der Waals surface area contributed by atoms with E-state index in [0.29, 0.717) is 0 Å². The molecule has 0 radical (unpaired) electrons. The third-order valence-corrected chi connectivity index (χ3v) is 0.961. The Kier molecular flexibility index (Phi) is 1.94. The van der Waals surface area contributed by atoms with Crippen LogP contribution in [0.5, 0.6) is 0 Å². The maximum atomic E-state index is 10.1. The van der Waals surface area contributed by atoms with Crippen molar-refractivity contribution in [1.29, 1.82) is 0 Å². The number of rotatable bonds is 2. The van der Waals surface area contributed by atoms with Crippen molar-refractivity contribution < 1.29 is 13.9 Å². The third kappa shape index (κ3) is 1.81. The van der Waals surface area contributed by atoms with E-state index in [4.69, 9.17) is 10.2 Å². The van der Waals surface area contributed by atoms with Gasteiger partial charge in [0.25, 0.3) is 0 Å². The number of carbonyl (C=O) groups excluding carboxylic acids is 1. The summed E-state index contributed by atoms with van der Waals surface area (Å²) in [6.45, 7) is 0.172. The maximum absolute atomic E-state index is 10.1. The zero-order valence-corrected chi connectivity index (χ0v) is 5.24. The van der Waals surface area contributed by atoms with E-state index in [2.05, 4.69) is 4.74 Å². The number of amides is 1. The molecule has 1 aromatic rings. The summed E-state index contributed by atoms with van der Waals surface area (Å²) in [5, 5.41) is 0. The number of ether oxygens (including phenoxy) is 1. The Hall–Kier alpha value is -1.45. The van der Waals surface area contributed by atoms with Gasteiger partial charge in [0, 0.05) is 5.56 Å². The number of carbonyl (C=O) groups is 1. The molecule has 54 valence electrons. The molecule has 0 bridgehead atoms. The van der Waals surface area contributed by atoms with Crippen LogP contribution in [-0.4, -0.2) is 6.09 Å². The van der Waals surface area contributed by atoms with Crippen LogP contribution in [0.3, 0.4) is 0 Å². The van der Waals surface area contributed by atoms with Crippen molar-refractivity contribution >= 4 is 6.09 Å². The van der Waals surface area contributed by atoms with E-state index in [-0.39, 0.29) is 6.61 Å². The first-order valence-corrected chi connectivity index (χ1v) is 2.72. The van der Waals surface area contributed by atoms with Gasteiger partial charge in [-0.3, -0.25) is 0 Å². The number of primary amides is 1. The summed E-state index contributed by atoms with van der Waals surface area (Å²) in [4.78, 5) is 10.1. The molecule has 0 saturated heterocycles. The quantitative estimate of drug-likeness (QED) is 0.664. The lowest BCUT2D eigenvalue weighted by molar-refractivity contribution is 0.150. The first-order valence-electron chi connectivity index (χ1n) is 2.72. The fourth-order valence-corrected chi connectivity index (χ4v) is 0.529. The van der Waals surface area contributed by atoms with Gasteiger partial charge in [-0.15, -0.1) is 0 Å². The molecule has 4 nitrogen and oxygen atoms in total. The van der Waals surface area contributed by atoms with Crippen molar-refractivity contribution in [2.24, 2.45) is 5.73 Å². The Balaban J connectivity index is 2.35. The molecule has 0 spiro atoms. The van der Waals surface area contributed by atoms with Crippen LogP contribution in [0.1, 0.15) is 5.56 Å². The van der Waals surface area contributed by atoms with Crippen LogP contribution in [0.4, 0.5) is 4.79 Å². The van der Waals surface area contributed by atoms with Crippen LogP contribution in [-0.2, 0) is 11.3 Å². The summed E-state index contributed by atoms with van der Waals surface area (Å²) in [6, 6.07) is 1.70. The van der Waals surface area contributed by atoms with Gasteiger partial charge in [-0.25, -0.2) is 4.79 Å². The largest absolute Gasteiger partial charge is 0.472 e. The van der Waals surface area contributed by atoms with Crippen molar-refractivity contribution in [3.05, 3.63) is 24.2 Å². The smallest absolute Gasteiger partial charge is 0.404 e. The van der Waals surface area contributed by atoms with Crippen molar-refractivity contribution in [2.75, 3.05) is 0 Å². The lowest BCUT2D eigenvalue weighted by Gasteiger charge is -1.95. The summed E-state index contributed by atoms with van der Waals surface area (Å²) in [6.07, 6.45) is 2.21. The first-order chi connectivity index (χ1) is 4.79. The fourth-order valence-electron chi connectivity index (χ4n) is 0.529. The molecule has 1 heterocycles. The summed E-state index contributed by atoms with van der Waals surface area (Å²) in [5.74, 6) is 0. The van der Waals surface area contributed by atoms with Gasteiger partial charge in [-0.1, -0.05) is 0 Å². The predicted octanol–water partition coefficient (Wildman–Crippen LogP) is 0.875. The average Bonchev–Trinajstić information content (AvgIpc) is 2.34. The first kappa shape index (κ1) is 6.67. The number of hydrogen-bond acceptors (Lipinski definition) is 3. The predicted molar refractivity (Wildman–Crippen MR) is 33.1 cm³/mol. The van der Waals surface area contributed by atoms with Crippen LogP contribution >= 0.6 is 0 Å². The van der Waals surface area contributed by atoms with Gasteiger partial charge in [-0.2, -0.15) is 0 Å². The minimum atomic E-state index is -0.777. The molecule has 4 heteroatoms. The van der Waals surface area contributed by atoms with Crippen LogP contribution < -0.4 is 5.73 Å². The molecule has 0 aliphatic rings. The van der Waals surface area contributed by atoms with Gasteiger partial charge in [0.1, 0.15) is 6.61 Å². The van der Waals surface area contributed by atoms with Gasteiger partial charge in [-0.05, 0) is 6.07 Å². The Labute approximate surface area is 57.6 Å². The van der Waals surface area contributed by atoms with Crippen molar-refractivity contribution in [2.45, 2.75) is 6.61 Å². The van der Waals surface area contributed by atoms with E-state index in [9.17, 15) is 4.79 Å². The van der Waals surface area contributed by atoms with Crippen LogP contribution in [0.25, 0.3) is 0 Å². The zero-order chi connectivity index (χ0) is 7.40. The Morgan fingerprint density at radius 3 is 3.10 bits per heavy atom. The van der Waals surface area contributed by atoms with E-state index >= 15 is 0 Å². The van der Waals surface area contributed by atoms with Gasteiger partial charge in [0.15, 0.2) is 0 Å². The monoisotopic (exact) mass is 141 g/mol. The molecule has 1 aromatic heterocycles. The summed E-state index contributed by atoms with van der Waals surface area (Å²) in [5.41, 5.74) is 5.51. The van der Waals surface area contributed by atoms with E-state index in [1.165, 1.54) is 12.5 Å².